The lowest BCUT2D eigenvalue weighted by Crippen LogP contribution is -2.34. The first kappa shape index (κ1) is 7.39. The zero-order valence-corrected chi connectivity index (χ0v) is 6.94. The number of rotatable bonds is 0. The summed E-state index contributed by atoms with van der Waals surface area (Å²) >= 11 is 0. The molecule has 0 bridgehead atoms. The van der Waals surface area contributed by atoms with E-state index < -0.39 is 0 Å². The first-order chi connectivity index (χ1) is 4.61. The summed E-state index contributed by atoms with van der Waals surface area (Å²) in [6, 6.07) is 0.539. The van der Waals surface area contributed by atoms with E-state index in [1.165, 1.54) is 5.57 Å². The Morgan fingerprint density at radius 1 is 1.50 bits per heavy atom. The molecule has 1 rings (SSSR count). The molecule has 0 aromatic carbocycles. The molecule has 0 amide bonds. The van der Waals surface area contributed by atoms with Gasteiger partial charge >= 0.3 is 0 Å². The largest absolute Gasteiger partial charge is 0.382 e. The second-order valence-electron chi connectivity index (χ2n) is 3.14. The normalized spacial score (nSPS) is 33.1. The number of hydrogen-bond donors (Lipinski definition) is 1. The fraction of sp³-hybridized carbons (Fsp3) is 0.556. The molecule has 0 saturated heterocycles. The van der Waals surface area contributed by atoms with Crippen LogP contribution in [-0.2, 0) is 0 Å². The molecule has 0 aromatic rings. The third-order valence-electron chi connectivity index (χ3n) is 2.28. The first-order valence-corrected chi connectivity index (χ1v) is 3.75. The second-order valence-corrected chi connectivity index (χ2v) is 3.14. The molecular formula is C9H15N. The molecule has 1 heterocycles. The van der Waals surface area contributed by atoms with E-state index in [-0.39, 0.29) is 0 Å². The van der Waals surface area contributed by atoms with Crippen molar-refractivity contribution in [3.63, 3.8) is 0 Å². The molecule has 1 nitrogen and oxygen atoms in total. The van der Waals surface area contributed by atoms with Crippen LogP contribution in [0.2, 0.25) is 0 Å². The quantitative estimate of drug-likeness (QED) is 0.539. The molecule has 1 heteroatoms. The van der Waals surface area contributed by atoms with Gasteiger partial charge in [0.05, 0.1) is 0 Å². The van der Waals surface area contributed by atoms with Gasteiger partial charge in [-0.3, -0.25) is 0 Å². The van der Waals surface area contributed by atoms with Gasteiger partial charge in [-0.1, -0.05) is 19.1 Å². The van der Waals surface area contributed by atoms with Crippen molar-refractivity contribution in [1.82, 2.24) is 5.32 Å². The molecule has 0 aromatic heterocycles. The first-order valence-electron chi connectivity index (χ1n) is 3.75. The summed E-state index contributed by atoms with van der Waals surface area (Å²) in [5, 5.41) is 3.29. The van der Waals surface area contributed by atoms with Crippen molar-refractivity contribution in [3.8, 4) is 0 Å². The highest BCUT2D eigenvalue weighted by molar-refractivity contribution is 5.25. The molecule has 56 valence electrons. The summed E-state index contributed by atoms with van der Waals surface area (Å²) in [5.41, 5.74) is 2.47. The molecular weight excluding hydrogens is 122 g/mol. The van der Waals surface area contributed by atoms with Gasteiger partial charge in [0.25, 0.3) is 0 Å². The van der Waals surface area contributed by atoms with E-state index in [4.69, 9.17) is 0 Å². The standard InChI is InChI=1S/C9H15N/c1-6-5-7(2)10-9(4)8(6)3/h5,8-10H,2H2,1,3-4H3. The minimum absolute atomic E-state index is 0.539. The smallest absolute Gasteiger partial charge is 0.0295 e. The van der Waals surface area contributed by atoms with Gasteiger partial charge in [0.15, 0.2) is 0 Å². The lowest BCUT2D eigenvalue weighted by Gasteiger charge is -2.28. The molecule has 0 radical (unpaired) electrons. The third-order valence-corrected chi connectivity index (χ3v) is 2.28. The molecule has 0 aliphatic carbocycles. The maximum atomic E-state index is 3.86. The van der Waals surface area contributed by atoms with Crippen molar-refractivity contribution in [2.45, 2.75) is 26.8 Å². The Morgan fingerprint density at radius 3 is 2.60 bits per heavy atom. The second kappa shape index (κ2) is 2.49. The Hall–Kier alpha value is -0.720. The van der Waals surface area contributed by atoms with Crippen LogP contribution < -0.4 is 5.32 Å². The van der Waals surface area contributed by atoms with Crippen molar-refractivity contribution in [2.75, 3.05) is 0 Å². The SMILES string of the molecule is C=C1C=C(C)C(C)C(C)N1. The van der Waals surface area contributed by atoms with Gasteiger partial charge in [-0.25, -0.2) is 0 Å². The van der Waals surface area contributed by atoms with Crippen LogP contribution in [0, 0.1) is 5.92 Å². The van der Waals surface area contributed by atoms with Gasteiger partial charge in [0.1, 0.15) is 0 Å². The van der Waals surface area contributed by atoms with Gasteiger partial charge < -0.3 is 5.32 Å². The Morgan fingerprint density at radius 2 is 2.10 bits per heavy atom. The highest BCUT2D eigenvalue weighted by atomic mass is 14.9. The average Bonchev–Trinajstić information content (AvgIpc) is 1.82. The van der Waals surface area contributed by atoms with E-state index in [9.17, 15) is 0 Å². The fourth-order valence-corrected chi connectivity index (χ4v) is 1.26. The summed E-state index contributed by atoms with van der Waals surface area (Å²) in [6.07, 6.45) is 2.12. The van der Waals surface area contributed by atoms with Crippen LogP contribution in [0.5, 0.6) is 0 Å². The number of hydrogen-bond acceptors (Lipinski definition) is 1. The van der Waals surface area contributed by atoms with Crippen LogP contribution >= 0.6 is 0 Å². The summed E-state index contributed by atoms with van der Waals surface area (Å²) in [4.78, 5) is 0. The van der Waals surface area contributed by atoms with E-state index in [0.29, 0.717) is 12.0 Å². The van der Waals surface area contributed by atoms with E-state index >= 15 is 0 Å². The molecule has 0 saturated carbocycles. The van der Waals surface area contributed by atoms with Gasteiger partial charge in [-0.05, 0) is 25.8 Å². The van der Waals surface area contributed by atoms with Crippen molar-refractivity contribution >= 4 is 0 Å². The number of nitrogens with one attached hydrogen (secondary N) is 1. The molecule has 1 aliphatic heterocycles. The lowest BCUT2D eigenvalue weighted by atomic mass is 9.91. The van der Waals surface area contributed by atoms with E-state index in [2.05, 4.69) is 38.7 Å². The molecule has 2 atom stereocenters. The molecule has 0 fully saturated rings. The fourth-order valence-electron chi connectivity index (χ4n) is 1.26. The van der Waals surface area contributed by atoms with Gasteiger partial charge in [0.2, 0.25) is 0 Å². The van der Waals surface area contributed by atoms with E-state index in [1.807, 2.05) is 0 Å². The Balaban J connectivity index is 2.80. The maximum absolute atomic E-state index is 3.86. The molecule has 10 heavy (non-hydrogen) atoms. The molecule has 0 spiro atoms. The highest BCUT2D eigenvalue weighted by Crippen LogP contribution is 2.20. The summed E-state index contributed by atoms with van der Waals surface area (Å²) in [6.45, 7) is 10.4. The highest BCUT2D eigenvalue weighted by Gasteiger charge is 2.17. The van der Waals surface area contributed by atoms with Gasteiger partial charge in [-0.2, -0.15) is 0 Å². The van der Waals surface area contributed by atoms with E-state index in [0.717, 1.165) is 5.70 Å². The van der Waals surface area contributed by atoms with Crippen LogP contribution in [0.4, 0.5) is 0 Å². The van der Waals surface area contributed by atoms with Crippen LogP contribution in [0.3, 0.4) is 0 Å². The summed E-state index contributed by atoms with van der Waals surface area (Å²) in [7, 11) is 0. The predicted molar refractivity (Wildman–Crippen MR) is 44.7 cm³/mol. The summed E-state index contributed by atoms with van der Waals surface area (Å²) < 4.78 is 0. The molecule has 1 N–H and O–H groups in total. The maximum Gasteiger partial charge on any atom is 0.0295 e. The van der Waals surface area contributed by atoms with Crippen molar-refractivity contribution in [3.05, 3.63) is 23.9 Å². The van der Waals surface area contributed by atoms with Crippen LogP contribution in [0.25, 0.3) is 0 Å². The van der Waals surface area contributed by atoms with Crippen molar-refractivity contribution < 1.29 is 0 Å². The van der Waals surface area contributed by atoms with Gasteiger partial charge in [-0.15, -0.1) is 0 Å². The summed E-state index contributed by atoms with van der Waals surface area (Å²) in [5.74, 6) is 0.644. The Bertz CT molecular complexity index is 179. The minimum atomic E-state index is 0.539. The number of allylic oxidation sites excluding steroid dienone is 1. The Kier molecular flexibility index (Phi) is 1.84. The predicted octanol–water partition coefficient (Wildman–Crippen LogP) is 2.07. The minimum Gasteiger partial charge on any atom is -0.382 e. The Labute approximate surface area is 62.8 Å². The van der Waals surface area contributed by atoms with Crippen molar-refractivity contribution in [1.29, 1.82) is 0 Å². The third kappa shape index (κ3) is 1.23. The molecule has 1 aliphatic rings. The van der Waals surface area contributed by atoms with E-state index in [1.54, 1.807) is 0 Å². The molecule has 2 unspecified atom stereocenters. The lowest BCUT2D eigenvalue weighted by molar-refractivity contribution is 0.469. The van der Waals surface area contributed by atoms with Gasteiger partial charge in [0, 0.05) is 11.7 Å². The van der Waals surface area contributed by atoms with Crippen LogP contribution in [0.15, 0.2) is 23.9 Å². The average molecular weight is 137 g/mol. The monoisotopic (exact) mass is 137 g/mol. The topological polar surface area (TPSA) is 12.0 Å². The zero-order valence-electron chi connectivity index (χ0n) is 6.94. The van der Waals surface area contributed by atoms with Crippen LogP contribution in [-0.4, -0.2) is 6.04 Å². The zero-order chi connectivity index (χ0) is 7.72. The van der Waals surface area contributed by atoms with Crippen LogP contribution in [0.1, 0.15) is 20.8 Å². The van der Waals surface area contributed by atoms with Crippen molar-refractivity contribution in [2.24, 2.45) is 5.92 Å².